The van der Waals surface area contributed by atoms with E-state index in [4.69, 9.17) is 4.74 Å². The maximum absolute atomic E-state index is 5.47. The monoisotopic (exact) mass is 248 g/mol. The van der Waals surface area contributed by atoms with Crippen LogP contribution in [-0.2, 0) is 0 Å². The molecule has 1 aliphatic heterocycles. The summed E-state index contributed by atoms with van der Waals surface area (Å²) in [7, 11) is 1.74. The number of hydrogen-bond donors (Lipinski definition) is 2. The Morgan fingerprint density at radius 1 is 1.39 bits per heavy atom. The minimum Gasteiger partial charge on any atom is -0.495 e. The van der Waals surface area contributed by atoms with E-state index in [0.29, 0.717) is 0 Å². The molecule has 0 aliphatic carbocycles. The predicted molar refractivity (Wildman–Crippen MR) is 76.6 cm³/mol. The van der Waals surface area contributed by atoms with Crippen LogP contribution in [0.3, 0.4) is 0 Å². The second-order valence-electron chi connectivity index (χ2n) is 5.25. The lowest BCUT2D eigenvalue weighted by Crippen LogP contribution is -2.33. The van der Waals surface area contributed by atoms with E-state index < -0.39 is 0 Å². The molecule has 3 nitrogen and oxygen atoms in total. The molecular formula is C15H24N2O. The SMILES string of the molecule is COc1cc(C)cc(C)c1NCC1CCCNC1. The van der Waals surface area contributed by atoms with Crippen molar-refractivity contribution in [2.24, 2.45) is 5.92 Å². The number of methoxy groups -OCH3 is 1. The molecule has 0 spiro atoms. The second kappa shape index (κ2) is 6.10. The topological polar surface area (TPSA) is 33.3 Å². The standard InChI is InChI=1S/C15H24N2O/c1-11-7-12(2)15(14(8-11)18-3)17-10-13-5-4-6-16-9-13/h7-8,13,16-17H,4-6,9-10H2,1-3H3. The number of piperidine rings is 1. The fourth-order valence-electron chi connectivity index (χ4n) is 2.66. The summed E-state index contributed by atoms with van der Waals surface area (Å²) >= 11 is 0. The highest BCUT2D eigenvalue weighted by molar-refractivity contribution is 5.63. The summed E-state index contributed by atoms with van der Waals surface area (Å²) in [6.45, 7) is 7.55. The minimum absolute atomic E-state index is 0.726. The highest BCUT2D eigenvalue weighted by Gasteiger charge is 2.14. The summed E-state index contributed by atoms with van der Waals surface area (Å²) < 4.78 is 5.47. The van der Waals surface area contributed by atoms with E-state index in [0.717, 1.165) is 30.4 Å². The lowest BCUT2D eigenvalue weighted by molar-refractivity contribution is 0.390. The molecule has 1 unspecified atom stereocenters. The Hall–Kier alpha value is -1.22. The van der Waals surface area contributed by atoms with Gasteiger partial charge in [0.1, 0.15) is 5.75 Å². The zero-order valence-electron chi connectivity index (χ0n) is 11.7. The number of benzene rings is 1. The van der Waals surface area contributed by atoms with Crippen molar-refractivity contribution in [2.75, 3.05) is 32.1 Å². The third-order valence-corrected chi connectivity index (χ3v) is 3.63. The molecule has 0 bridgehead atoms. The fourth-order valence-corrected chi connectivity index (χ4v) is 2.66. The minimum atomic E-state index is 0.726. The third kappa shape index (κ3) is 3.16. The van der Waals surface area contributed by atoms with Crippen molar-refractivity contribution in [1.82, 2.24) is 5.32 Å². The number of nitrogens with one attached hydrogen (secondary N) is 2. The van der Waals surface area contributed by atoms with E-state index in [1.807, 2.05) is 0 Å². The average molecular weight is 248 g/mol. The molecule has 100 valence electrons. The van der Waals surface area contributed by atoms with E-state index in [-0.39, 0.29) is 0 Å². The van der Waals surface area contributed by atoms with Gasteiger partial charge in [-0.1, -0.05) is 6.07 Å². The summed E-state index contributed by atoms with van der Waals surface area (Å²) in [5.41, 5.74) is 3.65. The van der Waals surface area contributed by atoms with Crippen molar-refractivity contribution >= 4 is 5.69 Å². The van der Waals surface area contributed by atoms with E-state index in [2.05, 4.69) is 36.6 Å². The lowest BCUT2D eigenvalue weighted by Gasteiger charge is -2.24. The summed E-state index contributed by atoms with van der Waals surface area (Å²) in [6, 6.07) is 4.29. The molecule has 0 amide bonds. The van der Waals surface area contributed by atoms with Gasteiger partial charge in [0.2, 0.25) is 0 Å². The summed E-state index contributed by atoms with van der Waals surface area (Å²) in [4.78, 5) is 0. The Morgan fingerprint density at radius 3 is 2.89 bits per heavy atom. The Labute approximate surface area is 110 Å². The van der Waals surface area contributed by atoms with Crippen molar-refractivity contribution in [2.45, 2.75) is 26.7 Å². The van der Waals surface area contributed by atoms with Gasteiger partial charge in [-0.05, 0) is 62.9 Å². The van der Waals surface area contributed by atoms with Gasteiger partial charge in [0.15, 0.2) is 0 Å². The number of aryl methyl sites for hydroxylation is 2. The van der Waals surface area contributed by atoms with Crippen LogP contribution in [0.15, 0.2) is 12.1 Å². The Kier molecular flexibility index (Phi) is 4.48. The molecule has 1 aromatic carbocycles. The molecule has 1 atom stereocenters. The Morgan fingerprint density at radius 2 is 2.22 bits per heavy atom. The first kappa shape index (κ1) is 13.2. The first-order valence-electron chi connectivity index (χ1n) is 6.80. The molecule has 0 aromatic heterocycles. The van der Waals surface area contributed by atoms with Crippen molar-refractivity contribution in [3.8, 4) is 5.75 Å². The maximum atomic E-state index is 5.47. The van der Waals surface area contributed by atoms with Crippen LogP contribution in [-0.4, -0.2) is 26.7 Å². The molecule has 1 saturated heterocycles. The van der Waals surface area contributed by atoms with Gasteiger partial charge in [0.25, 0.3) is 0 Å². The van der Waals surface area contributed by atoms with Crippen LogP contribution in [0.25, 0.3) is 0 Å². The van der Waals surface area contributed by atoms with Crippen LogP contribution < -0.4 is 15.4 Å². The van der Waals surface area contributed by atoms with Gasteiger partial charge >= 0.3 is 0 Å². The first-order valence-corrected chi connectivity index (χ1v) is 6.80. The van der Waals surface area contributed by atoms with Gasteiger partial charge in [0, 0.05) is 6.54 Å². The zero-order valence-corrected chi connectivity index (χ0v) is 11.7. The molecule has 2 N–H and O–H groups in total. The van der Waals surface area contributed by atoms with E-state index >= 15 is 0 Å². The number of anilines is 1. The Balaban J connectivity index is 2.03. The van der Waals surface area contributed by atoms with Gasteiger partial charge < -0.3 is 15.4 Å². The molecule has 3 heteroatoms. The summed E-state index contributed by atoms with van der Waals surface area (Å²) in [5, 5.41) is 7.02. The second-order valence-corrected chi connectivity index (χ2v) is 5.25. The fraction of sp³-hybridized carbons (Fsp3) is 0.600. The highest BCUT2D eigenvalue weighted by atomic mass is 16.5. The van der Waals surface area contributed by atoms with Gasteiger partial charge in [-0.25, -0.2) is 0 Å². The predicted octanol–water partition coefficient (Wildman–Crippen LogP) is 2.72. The average Bonchev–Trinajstić information content (AvgIpc) is 2.38. The summed E-state index contributed by atoms with van der Waals surface area (Å²) in [6.07, 6.45) is 2.60. The normalized spacial score (nSPS) is 19.6. The van der Waals surface area contributed by atoms with Crippen LogP contribution in [0, 0.1) is 19.8 Å². The third-order valence-electron chi connectivity index (χ3n) is 3.63. The maximum Gasteiger partial charge on any atom is 0.142 e. The van der Waals surface area contributed by atoms with Gasteiger partial charge in [-0.2, -0.15) is 0 Å². The number of hydrogen-bond acceptors (Lipinski definition) is 3. The van der Waals surface area contributed by atoms with Crippen LogP contribution >= 0.6 is 0 Å². The molecule has 1 aliphatic rings. The molecule has 1 heterocycles. The quantitative estimate of drug-likeness (QED) is 0.859. The highest BCUT2D eigenvalue weighted by Crippen LogP contribution is 2.30. The van der Waals surface area contributed by atoms with E-state index in [9.17, 15) is 0 Å². The number of rotatable bonds is 4. The molecule has 1 fully saturated rings. The first-order chi connectivity index (χ1) is 8.70. The smallest absolute Gasteiger partial charge is 0.142 e. The van der Waals surface area contributed by atoms with Gasteiger partial charge in [-0.3, -0.25) is 0 Å². The van der Waals surface area contributed by atoms with E-state index in [1.165, 1.54) is 30.5 Å². The Bertz CT molecular complexity index is 398. The van der Waals surface area contributed by atoms with Crippen molar-refractivity contribution in [3.05, 3.63) is 23.3 Å². The van der Waals surface area contributed by atoms with Crippen LogP contribution in [0.5, 0.6) is 5.75 Å². The molecular weight excluding hydrogens is 224 g/mol. The largest absolute Gasteiger partial charge is 0.495 e. The number of ether oxygens (including phenoxy) is 1. The van der Waals surface area contributed by atoms with Crippen LogP contribution in [0.2, 0.25) is 0 Å². The van der Waals surface area contributed by atoms with Crippen LogP contribution in [0.4, 0.5) is 5.69 Å². The van der Waals surface area contributed by atoms with Gasteiger partial charge in [-0.15, -0.1) is 0 Å². The molecule has 18 heavy (non-hydrogen) atoms. The molecule has 0 saturated carbocycles. The van der Waals surface area contributed by atoms with E-state index in [1.54, 1.807) is 7.11 Å². The zero-order chi connectivity index (χ0) is 13.0. The molecule has 2 rings (SSSR count). The van der Waals surface area contributed by atoms with Gasteiger partial charge in [0.05, 0.1) is 12.8 Å². The van der Waals surface area contributed by atoms with Crippen molar-refractivity contribution in [1.29, 1.82) is 0 Å². The summed E-state index contributed by atoms with van der Waals surface area (Å²) in [5.74, 6) is 1.68. The van der Waals surface area contributed by atoms with Crippen LogP contribution in [0.1, 0.15) is 24.0 Å². The lowest BCUT2D eigenvalue weighted by atomic mass is 9.99. The molecule has 0 radical (unpaired) electrons. The molecule has 1 aromatic rings. The van der Waals surface area contributed by atoms with Crippen molar-refractivity contribution in [3.63, 3.8) is 0 Å². The van der Waals surface area contributed by atoms with Crippen molar-refractivity contribution < 1.29 is 4.74 Å².